The molecule has 6 heteroatoms. The van der Waals surface area contributed by atoms with Crippen LogP contribution in [-0.2, 0) is 9.59 Å². The highest BCUT2D eigenvalue weighted by Crippen LogP contribution is 2.22. The molecule has 1 aromatic rings. The highest BCUT2D eigenvalue weighted by Gasteiger charge is 2.32. The van der Waals surface area contributed by atoms with E-state index in [2.05, 4.69) is 5.32 Å². The smallest absolute Gasteiger partial charge is 0.246 e. The summed E-state index contributed by atoms with van der Waals surface area (Å²) in [6.07, 6.45) is 0.818. The number of carbonyl (C=O) groups is 2. The molecule has 1 heterocycles. The van der Waals surface area contributed by atoms with E-state index in [4.69, 9.17) is 11.6 Å². The Bertz CT molecular complexity index is 550. The van der Waals surface area contributed by atoms with Crippen molar-refractivity contribution in [3.63, 3.8) is 0 Å². The Morgan fingerprint density at radius 1 is 1.45 bits per heavy atom. The Morgan fingerprint density at radius 3 is 2.80 bits per heavy atom. The van der Waals surface area contributed by atoms with Gasteiger partial charge in [-0.15, -0.1) is 0 Å². The van der Waals surface area contributed by atoms with Gasteiger partial charge in [-0.1, -0.05) is 17.7 Å². The molecule has 1 aromatic carbocycles. The standard InChI is InChI=1S/C14H16ClFN2O2/c1-8(9-3-4-11(16)10(15)7-9)17-12-5-6-13(19)18(2)14(12)20/h3-4,7-8,12,17H,5-6H2,1-2H3. The molecule has 2 amide bonds. The molecule has 0 aliphatic carbocycles. The number of likely N-dealkylation sites (tertiary alicyclic amines) is 1. The molecule has 0 radical (unpaired) electrons. The molecule has 1 saturated heterocycles. The van der Waals surface area contributed by atoms with Crippen LogP contribution in [0.2, 0.25) is 5.02 Å². The molecule has 0 aromatic heterocycles. The van der Waals surface area contributed by atoms with Crippen molar-refractivity contribution in [1.29, 1.82) is 0 Å². The summed E-state index contributed by atoms with van der Waals surface area (Å²) in [6, 6.07) is 3.89. The lowest BCUT2D eigenvalue weighted by Gasteiger charge is -2.30. The molecule has 0 saturated carbocycles. The molecule has 4 nitrogen and oxygen atoms in total. The molecule has 2 atom stereocenters. The van der Waals surface area contributed by atoms with E-state index in [9.17, 15) is 14.0 Å². The Morgan fingerprint density at radius 2 is 2.15 bits per heavy atom. The fourth-order valence-electron chi connectivity index (χ4n) is 2.25. The lowest BCUT2D eigenvalue weighted by Crippen LogP contribution is -2.51. The number of imide groups is 1. The number of nitrogens with zero attached hydrogens (tertiary/aromatic N) is 1. The van der Waals surface area contributed by atoms with Gasteiger partial charge >= 0.3 is 0 Å². The Labute approximate surface area is 121 Å². The second-order valence-electron chi connectivity index (χ2n) is 4.94. The van der Waals surface area contributed by atoms with E-state index in [-0.39, 0.29) is 22.9 Å². The predicted molar refractivity (Wildman–Crippen MR) is 73.8 cm³/mol. The number of likely N-dealkylation sites (N-methyl/N-ethyl adjacent to an activating group) is 1. The number of hydrogen-bond donors (Lipinski definition) is 1. The molecule has 1 aliphatic heterocycles. The SMILES string of the molecule is CC(NC1CCC(=O)N(C)C1=O)c1ccc(F)c(Cl)c1. The summed E-state index contributed by atoms with van der Waals surface area (Å²) in [6.45, 7) is 1.87. The normalized spacial score (nSPS) is 21.2. The van der Waals surface area contributed by atoms with Gasteiger partial charge in [0.05, 0.1) is 11.1 Å². The van der Waals surface area contributed by atoms with Gasteiger partial charge in [0.15, 0.2) is 0 Å². The van der Waals surface area contributed by atoms with Crippen molar-refractivity contribution in [2.45, 2.75) is 31.8 Å². The van der Waals surface area contributed by atoms with Crippen molar-refractivity contribution >= 4 is 23.4 Å². The highest BCUT2D eigenvalue weighted by molar-refractivity contribution is 6.30. The highest BCUT2D eigenvalue weighted by atomic mass is 35.5. The number of benzene rings is 1. The quantitative estimate of drug-likeness (QED) is 0.871. The first-order valence-corrected chi connectivity index (χ1v) is 6.79. The lowest BCUT2D eigenvalue weighted by molar-refractivity contribution is -0.148. The van der Waals surface area contributed by atoms with Crippen molar-refractivity contribution in [3.8, 4) is 0 Å². The molecule has 20 heavy (non-hydrogen) atoms. The number of amides is 2. The minimum Gasteiger partial charge on any atom is -0.299 e. The molecule has 2 rings (SSSR count). The van der Waals surface area contributed by atoms with Gasteiger partial charge in [0, 0.05) is 19.5 Å². The summed E-state index contributed by atoms with van der Waals surface area (Å²) in [5.74, 6) is -0.867. The van der Waals surface area contributed by atoms with Crippen LogP contribution in [0.15, 0.2) is 18.2 Å². The molecule has 0 spiro atoms. The van der Waals surface area contributed by atoms with Gasteiger partial charge in [0.25, 0.3) is 0 Å². The number of hydrogen-bond acceptors (Lipinski definition) is 3. The molecule has 1 aliphatic rings. The number of rotatable bonds is 3. The van der Waals surface area contributed by atoms with Crippen LogP contribution >= 0.6 is 11.6 Å². The van der Waals surface area contributed by atoms with E-state index in [0.29, 0.717) is 12.8 Å². The third-order valence-electron chi connectivity index (χ3n) is 3.54. The average Bonchev–Trinajstić information content (AvgIpc) is 2.42. The van der Waals surface area contributed by atoms with Crippen LogP contribution in [0.5, 0.6) is 0 Å². The molecule has 108 valence electrons. The minimum absolute atomic E-state index is 0.0541. The van der Waals surface area contributed by atoms with Crippen molar-refractivity contribution in [2.24, 2.45) is 0 Å². The average molecular weight is 299 g/mol. The third kappa shape index (κ3) is 2.99. The van der Waals surface area contributed by atoms with Crippen molar-refractivity contribution in [1.82, 2.24) is 10.2 Å². The Kier molecular flexibility index (Phi) is 4.40. The van der Waals surface area contributed by atoms with Crippen LogP contribution in [0.3, 0.4) is 0 Å². The maximum atomic E-state index is 13.1. The molecule has 2 unspecified atom stereocenters. The van der Waals surface area contributed by atoms with Crippen LogP contribution in [0.25, 0.3) is 0 Å². The number of piperidine rings is 1. The predicted octanol–water partition coefficient (Wildman–Crippen LogP) is 2.28. The maximum absolute atomic E-state index is 13.1. The van der Waals surface area contributed by atoms with Crippen molar-refractivity contribution in [2.75, 3.05) is 7.05 Å². The molecular formula is C14H16ClFN2O2. The number of carbonyl (C=O) groups excluding carboxylic acids is 2. The van der Waals surface area contributed by atoms with Gasteiger partial charge < -0.3 is 0 Å². The van der Waals surface area contributed by atoms with Gasteiger partial charge in [-0.2, -0.15) is 0 Å². The summed E-state index contributed by atoms with van der Waals surface area (Å²) in [7, 11) is 1.48. The maximum Gasteiger partial charge on any atom is 0.246 e. The Balaban J connectivity index is 2.07. The largest absolute Gasteiger partial charge is 0.299 e. The fraction of sp³-hybridized carbons (Fsp3) is 0.429. The monoisotopic (exact) mass is 298 g/mol. The summed E-state index contributed by atoms with van der Waals surface area (Å²) >= 11 is 5.75. The summed E-state index contributed by atoms with van der Waals surface area (Å²) in [4.78, 5) is 24.5. The Hall–Kier alpha value is -1.46. The fourth-order valence-corrected chi connectivity index (χ4v) is 2.44. The zero-order chi connectivity index (χ0) is 14.9. The van der Waals surface area contributed by atoms with Crippen LogP contribution in [-0.4, -0.2) is 29.8 Å². The topological polar surface area (TPSA) is 49.4 Å². The third-order valence-corrected chi connectivity index (χ3v) is 3.83. The van der Waals surface area contributed by atoms with E-state index < -0.39 is 11.9 Å². The van der Waals surface area contributed by atoms with Crippen LogP contribution in [0, 0.1) is 5.82 Å². The zero-order valence-electron chi connectivity index (χ0n) is 11.3. The second-order valence-corrected chi connectivity index (χ2v) is 5.35. The zero-order valence-corrected chi connectivity index (χ0v) is 12.1. The van der Waals surface area contributed by atoms with Gasteiger partial charge in [-0.05, 0) is 31.0 Å². The first-order valence-electron chi connectivity index (χ1n) is 6.41. The lowest BCUT2D eigenvalue weighted by atomic mass is 10.0. The summed E-state index contributed by atoms with van der Waals surface area (Å²) in [5.41, 5.74) is 0.795. The molecule has 0 bridgehead atoms. The van der Waals surface area contributed by atoms with Gasteiger partial charge in [-0.25, -0.2) is 4.39 Å². The summed E-state index contributed by atoms with van der Waals surface area (Å²) in [5, 5.41) is 3.21. The van der Waals surface area contributed by atoms with Gasteiger partial charge in [-0.3, -0.25) is 19.8 Å². The number of nitrogens with one attached hydrogen (secondary N) is 1. The van der Waals surface area contributed by atoms with Crippen LogP contribution in [0.4, 0.5) is 4.39 Å². The minimum atomic E-state index is -0.471. The van der Waals surface area contributed by atoms with E-state index in [1.807, 2.05) is 6.92 Å². The van der Waals surface area contributed by atoms with E-state index in [0.717, 1.165) is 10.5 Å². The van der Waals surface area contributed by atoms with Gasteiger partial charge in [0.1, 0.15) is 5.82 Å². The summed E-state index contributed by atoms with van der Waals surface area (Å²) < 4.78 is 13.1. The van der Waals surface area contributed by atoms with E-state index in [1.165, 1.54) is 19.2 Å². The van der Waals surface area contributed by atoms with E-state index in [1.54, 1.807) is 6.07 Å². The van der Waals surface area contributed by atoms with Crippen molar-refractivity contribution < 1.29 is 14.0 Å². The number of halogens is 2. The molecule has 1 fully saturated rings. The first kappa shape index (κ1) is 14.9. The molecule has 1 N–H and O–H groups in total. The van der Waals surface area contributed by atoms with Gasteiger partial charge in [0.2, 0.25) is 11.8 Å². The van der Waals surface area contributed by atoms with Crippen LogP contribution < -0.4 is 5.32 Å². The second kappa shape index (κ2) is 5.89. The molecular weight excluding hydrogens is 283 g/mol. The van der Waals surface area contributed by atoms with Crippen LogP contribution in [0.1, 0.15) is 31.4 Å². The first-order chi connectivity index (χ1) is 9.40. The van der Waals surface area contributed by atoms with E-state index >= 15 is 0 Å². The van der Waals surface area contributed by atoms with Crippen molar-refractivity contribution in [3.05, 3.63) is 34.6 Å².